The molecule has 1 amide bonds. The number of nitrogens with two attached hydrogens (primary N) is 3. The Labute approximate surface area is 111 Å². The summed E-state index contributed by atoms with van der Waals surface area (Å²) in [6.45, 7) is 0. The van der Waals surface area contributed by atoms with Gasteiger partial charge in [0.25, 0.3) is 5.91 Å². The Hall–Kier alpha value is -2.33. The van der Waals surface area contributed by atoms with Crippen LogP contribution in [-0.2, 0) is 5.75 Å². The lowest BCUT2D eigenvalue weighted by atomic mass is 10.4. The maximum absolute atomic E-state index is 11.2. The van der Waals surface area contributed by atoms with Crippen LogP contribution in [0.1, 0.15) is 16.2 Å². The van der Waals surface area contributed by atoms with Gasteiger partial charge in [0.2, 0.25) is 0 Å². The van der Waals surface area contributed by atoms with Crippen molar-refractivity contribution in [1.82, 2.24) is 20.6 Å². The fourth-order valence-electron chi connectivity index (χ4n) is 1.22. The van der Waals surface area contributed by atoms with E-state index >= 15 is 0 Å². The lowest BCUT2D eigenvalue weighted by Gasteiger charge is -2.00. The van der Waals surface area contributed by atoms with Crippen LogP contribution in [0, 0.1) is 0 Å². The molecule has 0 radical (unpaired) electrons. The predicted octanol–water partition coefficient (Wildman–Crippen LogP) is -0.475. The standard InChI is InChI=1S/C9H11N7O2S/c10-6-2-7(11)14-9(13-6)19-3-4-1-5(16-18-4)8(17)15-12/h1-2H,3,12H2,(H,15,17)(H4,10,11,13,14). The average Bonchev–Trinajstić information content (AvgIpc) is 2.83. The molecule has 2 aromatic rings. The number of nitrogens with zero attached hydrogens (tertiary/aromatic N) is 3. The number of aromatic nitrogens is 3. The molecule has 0 atom stereocenters. The molecule has 0 aliphatic heterocycles. The molecule has 0 spiro atoms. The molecular formula is C9H11N7O2S. The molecule has 9 nitrogen and oxygen atoms in total. The highest BCUT2D eigenvalue weighted by molar-refractivity contribution is 7.98. The predicted molar refractivity (Wildman–Crippen MR) is 68.6 cm³/mol. The first-order valence-electron chi connectivity index (χ1n) is 5.08. The van der Waals surface area contributed by atoms with E-state index < -0.39 is 5.91 Å². The van der Waals surface area contributed by atoms with Crippen molar-refractivity contribution in [3.05, 3.63) is 23.6 Å². The zero-order valence-electron chi connectivity index (χ0n) is 9.66. The molecule has 0 aliphatic rings. The van der Waals surface area contributed by atoms with Gasteiger partial charge in [-0.05, 0) is 0 Å². The minimum absolute atomic E-state index is 0.103. The van der Waals surface area contributed by atoms with Gasteiger partial charge in [0, 0.05) is 12.1 Å². The number of nitrogens with one attached hydrogen (secondary N) is 1. The third-order valence-corrected chi connectivity index (χ3v) is 2.88. The molecule has 0 saturated heterocycles. The van der Waals surface area contributed by atoms with Gasteiger partial charge in [-0.15, -0.1) is 0 Å². The third kappa shape index (κ3) is 3.33. The van der Waals surface area contributed by atoms with Gasteiger partial charge in [-0.1, -0.05) is 16.9 Å². The summed E-state index contributed by atoms with van der Waals surface area (Å²) in [5, 5.41) is 3.98. The topological polar surface area (TPSA) is 159 Å². The molecule has 2 aromatic heterocycles. The van der Waals surface area contributed by atoms with Crippen molar-refractivity contribution < 1.29 is 9.32 Å². The number of hydrogen-bond donors (Lipinski definition) is 4. The van der Waals surface area contributed by atoms with Gasteiger partial charge in [-0.3, -0.25) is 10.2 Å². The van der Waals surface area contributed by atoms with Gasteiger partial charge in [-0.25, -0.2) is 15.8 Å². The van der Waals surface area contributed by atoms with Crippen molar-refractivity contribution in [3.63, 3.8) is 0 Å². The zero-order chi connectivity index (χ0) is 13.8. The minimum atomic E-state index is -0.524. The Kier molecular flexibility index (Phi) is 3.82. The Morgan fingerprint density at radius 1 is 1.32 bits per heavy atom. The molecule has 19 heavy (non-hydrogen) atoms. The summed E-state index contributed by atoms with van der Waals surface area (Å²) in [5.74, 6) is 5.89. The minimum Gasteiger partial charge on any atom is -0.383 e. The maximum atomic E-state index is 11.2. The normalized spacial score (nSPS) is 10.4. The lowest BCUT2D eigenvalue weighted by molar-refractivity contribution is 0.0944. The Bertz CT molecular complexity index is 580. The van der Waals surface area contributed by atoms with Crippen LogP contribution in [0.4, 0.5) is 11.6 Å². The van der Waals surface area contributed by atoms with E-state index in [-0.39, 0.29) is 17.3 Å². The van der Waals surface area contributed by atoms with Gasteiger partial charge >= 0.3 is 0 Å². The van der Waals surface area contributed by atoms with Crippen LogP contribution in [0.5, 0.6) is 0 Å². The Morgan fingerprint density at radius 2 is 2.00 bits per heavy atom. The van der Waals surface area contributed by atoms with E-state index in [1.165, 1.54) is 23.9 Å². The Morgan fingerprint density at radius 3 is 2.63 bits per heavy atom. The van der Waals surface area contributed by atoms with Crippen LogP contribution in [-0.4, -0.2) is 21.0 Å². The van der Waals surface area contributed by atoms with Crippen molar-refractivity contribution in [1.29, 1.82) is 0 Å². The van der Waals surface area contributed by atoms with Crippen LogP contribution in [0.2, 0.25) is 0 Å². The van der Waals surface area contributed by atoms with E-state index in [1.54, 1.807) is 0 Å². The first-order valence-corrected chi connectivity index (χ1v) is 6.06. The molecular weight excluding hydrogens is 270 g/mol. The van der Waals surface area contributed by atoms with Crippen LogP contribution < -0.4 is 22.7 Å². The first kappa shape index (κ1) is 13.1. The molecule has 0 bridgehead atoms. The van der Waals surface area contributed by atoms with Gasteiger partial charge in [0.05, 0.1) is 5.75 Å². The molecule has 2 rings (SSSR count). The van der Waals surface area contributed by atoms with Crippen molar-refractivity contribution in [2.24, 2.45) is 5.84 Å². The fourth-order valence-corrected chi connectivity index (χ4v) is 1.97. The van der Waals surface area contributed by atoms with Gasteiger partial charge in [0.15, 0.2) is 10.9 Å². The molecule has 0 aliphatic carbocycles. The number of nitrogen functional groups attached to an aromatic ring is 3. The largest absolute Gasteiger partial charge is 0.383 e. The Balaban J connectivity index is 2.02. The number of carbonyl (C=O) groups is 1. The van der Waals surface area contributed by atoms with Crippen LogP contribution in [0.25, 0.3) is 0 Å². The summed E-state index contributed by atoms with van der Waals surface area (Å²) in [6.07, 6.45) is 0. The number of anilines is 2. The highest BCUT2D eigenvalue weighted by atomic mass is 32.2. The second kappa shape index (κ2) is 5.54. The van der Waals surface area contributed by atoms with E-state index in [2.05, 4.69) is 15.1 Å². The summed E-state index contributed by atoms with van der Waals surface area (Å²) in [6, 6.07) is 2.94. The summed E-state index contributed by atoms with van der Waals surface area (Å²) in [5.41, 5.74) is 13.1. The molecule has 0 unspecified atom stereocenters. The number of amides is 1. The fraction of sp³-hybridized carbons (Fsp3) is 0.111. The molecule has 0 fully saturated rings. The highest BCUT2D eigenvalue weighted by Gasteiger charge is 2.12. The van der Waals surface area contributed by atoms with Gasteiger partial charge in [0.1, 0.15) is 17.4 Å². The average molecular weight is 281 g/mol. The summed E-state index contributed by atoms with van der Waals surface area (Å²) in [4.78, 5) is 19.2. The monoisotopic (exact) mass is 281 g/mol. The van der Waals surface area contributed by atoms with Crippen molar-refractivity contribution in [3.8, 4) is 0 Å². The number of hydrogen-bond acceptors (Lipinski definition) is 9. The SMILES string of the molecule is NNC(=O)c1cc(CSc2nc(N)cc(N)n2)on1. The van der Waals surface area contributed by atoms with Gasteiger partial charge < -0.3 is 16.0 Å². The smallest absolute Gasteiger partial charge is 0.287 e. The third-order valence-electron chi connectivity index (χ3n) is 2.01. The van der Waals surface area contributed by atoms with Crippen molar-refractivity contribution in [2.75, 3.05) is 11.5 Å². The lowest BCUT2D eigenvalue weighted by Crippen LogP contribution is -2.30. The molecule has 10 heteroatoms. The van der Waals surface area contributed by atoms with Crippen LogP contribution in [0.15, 0.2) is 21.8 Å². The molecule has 7 N–H and O–H groups in total. The van der Waals surface area contributed by atoms with E-state index in [0.29, 0.717) is 16.7 Å². The summed E-state index contributed by atoms with van der Waals surface area (Å²) >= 11 is 1.26. The second-order valence-corrected chi connectivity index (χ2v) is 4.38. The quantitative estimate of drug-likeness (QED) is 0.191. The van der Waals surface area contributed by atoms with Crippen molar-refractivity contribution >= 4 is 29.3 Å². The number of rotatable bonds is 4. The van der Waals surface area contributed by atoms with Crippen molar-refractivity contribution in [2.45, 2.75) is 10.9 Å². The summed E-state index contributed by atoms with van der Waals surface area (Å²) in [7, 11) is 0. The van der Waals surface area contributed by atoms with E-state index in [0.717, 1.165) is 0 Å². The maximum Gasteiger partial charge on any atom is 0.287 e. The number of hydrazine groups is 1. The first-order chi connectivity index (χ1) is 9.08. The summed E-state index contributed by atoms with van der Waals surface area (Å²) < 4.78 is 4.96. The van der Waals surface area contributed by atoms with E-state index in [1.807, 2.05) is 5.43 Å². The second-order valence-electron chi connectivity index (χ2n) is 3.44. The number of carbonyl (C=O) groups excluding carboxylic acids is 1. The van der Waals surface area contributed by atoms with E-state index in [4.69, 9.17) is 21.8 Å². The molecule has 0 aromatic carbocycles. The zero-order valence-corrected chi connectivity index (χ0v) is 10.5. The molecule has 100 valence electrons. The highest BCUT2D eigenvalue weighted by Crippen LogP contribution is 2.21. The van der Waals surface area contributed by atoms with E-state index in [9.17, 15) is 4.79 Å². The van der Waals surface area contributed by atoms with Gasteiger partial charge in [-0.2, -0.15) is 0 Å². The number of thioether (sulfide) groups is 1. The van der Waals surface area contributed by atoms with Crippen LogP contribution in [0.3, 0.4) is 0 Å². The molecule has 2 heterocycles. The molecule has 0 saturated carbocycles. The van der Waals surface area contributed by atoms with Crippen LogP contribution >= 0.6 is 11.8 Å².